The highest BCUT2D eigenvalue weighted by molar-refractivity contribution is 5.99. The van der Waals surface area contributed by atoms with Crippen LogP contribution >= 0.6 is 0 Å². The Hall–Kier alpha value is -2.81. The molecule has 7 nitrogen and oxygen atoms in total. The highest BCUT2D eigenvalue weighted by Gasteiger charge is 2.36. The fourth-order valence-electron chi connectivity index (χ4n) is 5.00. The molecule has 0 saturated carbocycles. The third-order valence-corrected chi connectivity index (χ3v) is 6.56. The van der Waals surface area contributed by atoms with Gasteiger partial charge in [-0.15, -0.1) is 0 Å². The number of rotatable bonds is 7. The maximum atomic E-state index is 14.4. The molecule has 1 amide bonds. The molecule has 0 radical (unpaired) electrons. The van der Waals surface area contributed by atoms with Crippen LogP contribution in [0, 0.1) is 5.82 Å². The van der Waals surface area contributed by atoms with E-state index in [4.69, 9.17) is 4.74 Å². The van der Waals surface area contributed by atoms with Crippen molar-refractivity contribution in [1.29, 1.82) is 0 Å². The lowest BCUT2D eigenvalue weighted by Crippen LogP contribution is -2.53. The standard InChI is InChI=1S/C28H37FN4O3/c1-17(2)33(18(3)4)26(34)22-12-20(29)8-9-24(22)32-16-23(21-10-11-30-13-25(21)32)19-14-31(15-19)27(35)36-28(5,6)7/h8-13,16-19,27,35H,14-15H2,1-7H3. The molecule has 1 fully saturated rings. The zero-order valence-electron chi connectivity index (χ0n) is 22.2. The molecule has 0 bridgehead atoms. The summed E-state index contributed by atoms with van der Waals surface area (Å²) in [6.07, 6.45) is 4.58. The molecule has 36 heavy (non-hydrogen) atoms. The van der Waals surface area contributed by atoms with Gasteiger partial charge in [-0.25, -0.2) is 4.39 Å². The van der Waals surface area contributed by atoms with Crippen molar-refractivity contribution >= 4 is 16.8 Å². The molecule has 3 aromatic rings. The maximum absolute atomic E-state index is 14.4. The number of carbonyl (C=O) groups is 1. The van der Waals surface area contributed by atoms with Crippen molar-refractivity contribution in [1.82, 2.24) is 19.4 Å². The Morgan fingerprint density at radius 1 is 1.17 bits per heavy atom. The van der Waals surface area contributed by atoms with Crippen molar-refractivity contribution in [3.63, 3.8) is 0 Å². The van der Waals surface area contributed by atoms with Crippen LogP contribution in [-0.4, -0.2) is 67.6 Å². The second-order valence-electron chi connectivity index (χ2n) is 11.1. The number of carbonyl (C=O) groups excluding carboxylic acids is 1. The number of halogens is 1. The third kappa shape index (κ3) is 5.16. The van der Waals surface area contributed by atoms with E-state index in [2.05, 4.69) is 4.98 Å². The Morgan fingerprint density at radius 3 is 2.44 bits per heavy atom. The van der Waals surface area contributed by atoms with Gasteiger partial charge < -0.3 is 19.3 Å². The Kier molecular flexibility index (Phi) is 7.23. The molecule has 1 saturated heterocycles. The number of pyridine rings is 1. The normalized spacial score (nSPS) is 16.1. The summed E-state index contributed by atoms with van der Waals surface area (Å²) in [6.45, 7) is 14.9. The summed E-state index contributed by atoms with van der Waals surface area (Å²) in [5.41, 5.74) is 2.42. The molecule has 2 aromatic heterocycles. The maximum Gasteiger partial charge on any atom is 0.256 e. The van der Waals surface area contributed by atoms with E-state index in [0.717, 1.165) is 16.5 Å². The predicted octanol–water partition coefficient (Wildman–Crippen LogP) is 4.91. The third-order valence-electron chi connectivity index (χ3n) is 6.56. The summed E-state index contributed by atoms with van der Waals surface area (Å²) in [7, 11) is 0. The summed E-state index contributed by atoms with van der Waals surface area (Å²) in [5, 5.41) is 11.5. The summed E-state index contributed by atoms with van der Waals surface area (Å²) in [4.78, 5) is 21.6. The zero-order chi connectivity index (χ0) is 26.4. The Balaban J connectivity index is 1.72. The fourth-order valence-corrected chi connectivity index (χ4v) is 5.00. The van der Waals surface area contributed by atoms with Gasteiger partial charge in [-0.2, -0.15) is 0 Å². The molecule has 1 aromatic carbocycles. The monoisotopic (exact) mass is 496 g/mol. The largest absolute Gasteiger partial charge is 0.356 e. The average molecular weight is 497 g/mol. The van der Waals surface area contributed by atoms with E-state index < -0.39 is 17.8 Å². The fraction of sp³-hybridized carbons (Fsp3) is 0.500. The summed E-state index contributed by atoms with van der Waals surface area (Å²) < 4.78 is 22.0. The van der Waals surface area contributed by atoms with Gasteiger partial charge in [-0.05, 0) is 78.3 Å². The minimum absolute atomic E-state index is 0.0324. The van der Waals surface area contributed by atoms with Crippen LogP contribution < -0.4 is 0 Å². The van der Waals surface area contributed by atoms with Gasteiger partial charge in [0.25, 0.3) is 5.91 Å². The van der Waals surface area contributed by atoms with Gasteiger partial charge in [-0.1, -0.05) is 0 Å². The molecule has 194 valence electrons. The summed E-state index contributed by atoms with van der Waals surface area (Å²) >= 11 is 0. The van der Waals surface area contributed by atoms with Crippen LogP contribution in [0.2, 0.25) is 0 Å². The number of aliphatic hydroxyl groups is 1. The van der Waals surface area contributed by atoms with Gasteiger partial charge >= 0.3 is 0 Å². The molecule has 4 rings (SSSR count). The molecule has 1 aliphatic heterocycles. The molecule has 0 aliphatic carbocycles. The number of aliphatic hydroxyl groups excluding tert-OH is 1. The first kappa shape index (κ1) is 26.3. The van der Waals surface area contributed by atoms with E-state index in [0.29, 0.717) is 24.3 Å². The van der Waals surface area contributed by atoms with Crippen LogP contribution in [0.25, 0.3) is 16.6 Å². The van der Waals surface area contributed by atoms with Crippen LogP contribution in [0.15, 0.2) is 42.9 Å². The van der Waals surface area contributed by atoms with Gasteiger partial charge in [0.1, 0.15) is 5.82 Å². The lowest BCUT2D eigenvalue weighted by molar-refractivity contribution is -0.255. The topological polar surface area (TPSA) is 70.8 Å². The smallest absolute Gasteiger partial charge is 0.256 e. The van der Waals surface area contributed by atoms with E-state index >= 15 is 0 Å². The quantitative estimate of drug-likeness (QED) is 0.471. The van der Waals surface area contributed by atoms with Crippen molar-refractivity contribution < 1.29 is 19.0 Å². The van der Waals surface area contributed by atoms with Crippen LogP contribution in [0.5, 0.6) is 0 Å². The molecule has 1 N–H and O–H groups in total. The molecule has 1 aliphatic rings. The zero-order valence-corrected chi connectivity index (χ0v) is 22.2. The first-order valence-electron chi connectivity index (χ1n) is 12.5. The van der Waals surface area contributed by atoms with Crippen molar-refractivity contribution in [3.05, 3.63) is 59.8 Å². The van der Waals surface area contributed by atoms with Crippen LogP contribution in [0.4, 0.5) is 4.39 Å². The first-order chi connectivity index (χ1) is 16.9. The number of aromatic nitrogens is 2. The molecule has 0 spiro atoms. The first-order valence-corrected chi connectivity index (χ1v) is 12.5. The van der Waals surface area contributed by atoms with Crippen molar-refractivity contribution in [3.8, 4) is 5.69 Å². The SMILES string of the molecule is CC(C)N(C(=O)c1cc(F)ccc1-n1cc(C2CN(C(O)OC(C)(C)C)C2)c2ccncc21)C(C)C. The molecule has 1 atom stereocenters. The summed E-state index contributed by atoms with van der Waals surface area (Å²) in [5.74, 6) is -0.484. The number of ether oxygens (including phenoxy) is 1. The second kappa shape index (κ2) is 9.92. The molecular formula is C28H37FN4O3. The van der Waals surface area contributed by atoms with E-state index in [1.54, 1.807) is 23.4 Å². The number of fused-ring (bicyclic) bond motifs is 1. The summed E-state index contributed by atoms with van der Waals surface area (Å²) in [6, 6.07) is 6.26. The molecular weight excluding hydrogens is 459 g/mol. The molecule has 3 heterocycles. The van der Waals surface area contributed by atoms with E-state index in [1.807, 2.05) is 70.2 Å². The van der Waals surface area contributed by atoms with E-state index in [1.165, 1.54) is 12.1 Å². The minimum atomic E-state index is -0.962. The number of likely N-dealkylation sites (tertiary alicyclic amines) is 1. The van der Waals surface area contributed by atoms with Gasteiger partial charge in [0.15, 0.2) is 0 Å². The Morgan fingerprint density at radius 2 is 1.83 bits per heavy atom. The minimum Gasteiger partial charge on any atom is -0.356 e. The average Bonchev–Trinajstić information content (AvgIpc) is 3.10. The number of hydrogen-bond donors (Lipinski definition) is 1. The molecule has 1 unspecified atom stereocenters. The van der Waals surface area contributed by atoms with Crippen LogP contribution in [-0.2, 0) is 4.74 Å². The lowest BCUT2D eigenvalue weighted by Gasteiger charge is -2.43. The predicted molar refractivity (Wildman–Crippen MR) is 139 cm³/mol. The number of benzene rings is 1. The Bertz CT molecular complexity index is 1230. The van der Waals surface area contributed by atoms with Crippen molar-refractivity contribution in [2.45, 2.75) is 78.5 Å². The second-order valence-corrected chi connectivity index (χ2v) is 11.1. The molecule has 8 heteroatoms. The Labute approximate surface area is 212 Å². The van der Waals surface area contributed by atoms with Crippen molar-refractivity contribution in [2.75, 3.05) is 13.1 Å². The van der Waals surface area contributed by atoms with Gasteiger partial charge in [-0.3, -0.25) is 14.7 Å². The number of amides is 1. The number of hydrogen-bond acceptors (Lipinski definition) is 5. The lowest BCUT2D eigenvalue weighted by atomic mass is 9.92. The number of nitrogens with zero attached hydrogens (tertiary/aromatic N) is 4. The highest BCUT2D eigenvalue weighted by atomic mass is 19.1. The van der Waals surface area contributed by atoms with Gasteiger partial charge in [0.05, 0.1) is 28.6 Å². The highest BCUT2D eigenvalue weighted by Crippen LogP contribution is 2.37. The van der Waals surface area contributed by atoms with Gasteiger partial charge in [0, 0.05) is 48.9 Å². The van der Waals surface area contributed by atoms with E-state index in [9.17, 15) is 14.3 Å². The van der Waals surface area contributed by atoms with Crippen LogP contribution in [0.1, 0.15) is 70.3 Å². The van der Waals surface area contributed by atoms with E-state index in [-0.39, 0.29) is 23.9 Å². The van der Waals surface area contributed by atoms with Gasteiger partial charge in [0.2, 0.25) is 6.41 Å². The van der Waals surface area contributed by atoms with Crippen molar-refractivity contribution in [2.24, 2.45) is 0 Å². The van der Waals surface area contributed by atoms with Crippen LogP contribution in [0.3, 0.4) is 0 Å².